The number of hydrogen-bond acceptors (Lipinski definition) is 6. The van der Waals surface area contributed by atoms with E-state index >= 15 is 0 Å². The number of rotatable bonds is 4. The molecule has 0 radical (unpaired) electrons. The molecule has 3 heterocycles. The Bertz CT molecular complexity index is 899. The van der Waals surface area contributed by atoms with Crippen LogP contribution in [0.25, 0.3) is 10.2 Å². The van der Waals surface area contributed by atoms with Crippen LogP contribution in [0, 0.1) is 0 Å². The Hall–Kier alpha value is -2.35. The molecule has 26 heavy (non-hydrogen) atoms. The van der Waals surface area contributed by atoms with Gasteiger partial charge in [0.15, 0.2) is 0 Å². The first-order valence-corrected chi connectivity index (χ1v) is 9.50. The van der Waals surface area contributed by atoms with Gasteiger partial charge in [-0.3, -0.25) is 14.7 Å². The van der Waals surface area contributed by atoms with Gasteiger partial charge in [0.2, 0.25) is 0 Å². The highest BCUT2D eigenvalue weighted by Gasteiger charge is 2.29. The predicted molar refractivity (Wildman–Crippen MR) is 101 cm³/mol. The van der Waals surface area contributed by atoms with Gasteiger partial charge in [-0.15, -0.1) is 11.3 Å². The van der Waals surface area contributed by atoms with Crippen LogP contribution in [-0.2, 0) is 6.54 Å². The van der Waals surface area contributed by atoms with Gasteiger partial charge in [-0.05, 0) is 36.2 Å². The Morgan fingerprint density at radius 3 is 3.12 bits per heavy atom. The smallest absolute Gasteiger partial charge is 0.251 e. The molecule has 1 aromatic carbocycles. The number of likely N-dealkylation sites (tertiary alicyclic amines) is 1. The molecule has 7 heteroatoms. The fourth-order valence-corrected chi connectivity index (χ4v) is 4.02. The van der Waals surface area contributed by atoms with Crippen LogP contribution >= 0.6 is 11.3 Å². The van der Waals surface area contributed by atoms with Crippen LogP contribution in [0.2, 0.25) is 0 Å². The van der Waals surface area contributed by atoms with Gasteiger partial charge in [-0.2, -0.15) is 0 Å². The van der Waals surface area contributed by atoms with Crippen LogP contribution in [0.3, 0.4) is 0 Å². The number of nitrogens with zero attached hydrogens (tertiary/aromatic N) is 3. The van der Waals surface area contributed by atoms with Crippen molar-refractivity contribution < 1.29 is 9.90 Å². The Morgan fingerprint density at radius 2 is 2.31 bits per heavy atom. The van der Waals surface area contributed by atoms with Crippen molar-refractivity contribution in [2.24, 2.45) is 0 Å². The highest BCUT2D eigenvalue weighted by Crippen LogP contribution is 2.20. The number of piperidine rings is 1. The van der Waals surface area contributed by atoms with Gasteiger partial charge in [-0.25, -0.2) is 4.98 Å². The molecule has 0 unspecified atom stereocenters. The molecule has 0 bridgehead atoms. The predicted octanol–water partition coefficient (Wildman–Crippen LogP) is 2.06. The minimum Gasteiger partial charge on any atom is -0.390 e. The van der Waals surface area contributed by atoms with Gasteiger partial charge in [0.1, 0.15) is 0 Å². The third-order valence-corrected chi connectivity index (χ3v) is 5.50. The van der Waals surface area contributed by atoms with Gasteiger partial charge in [0.05, 0.1) is 27.9 Å². The van der Waals surface area contributed by atoms with E-state index in [0.717, 1.165) is 35.3 Å². The molecule has 1 amide bonds. The fourth-order valence-electron chi connectivity index (χ4n) is 3.31. The van der Waals surface area contributed by atoms with Crippen molar-refractivity contribution in [3.05, 3.63) is 59.4 Å². The summed E-state index contributed by atoms with van der Waals surface area (Å²) in [6.45, 7) is 2.12. The molecule has 4 rings (SSSR count). The SMILES string of the molecule is O=C(N[C@@H]1CCN(Cc2cccnc2)C[C@H]1O)c1ccc2ncsc2c1. The average molecular weight is 368 g/mol. The summed E-state index contributed by atoms with van der Waals surface area (Å²) in [5, 5.41) is 13.5. The lowest BCUT2D eigenvalue weighted by Crippen LogP contribution is -2.53. The second kappa shape index (κ2) is 7.49. The molecule has 2 N–H and O–H groups in total. The summed E-state index contributed by atoms with van der Waals surface area (Å²) in [5.41, 5.74) is 4.40. The topological polar surface area (TPSA) is 78.4 Å². The van der Waals surface area contributed by atoms with Gasteiger partial charge >= 0.3 is 0 Å². The lowest BCUT2D eigenvalue weighted by molar-refractivity contribution is 0.0349. The zero-order valence-corrected chi connectivity index (χ0v) is 15.0. The number of benzene rings is 1. The van der Waals surface area contributed by atoms with Crippen molar-refractivity contribution in [2.45, 2.75) is 25.1 Å². The number of β-amino-alcohol motifs (C(OH)–C–C–N with tert-alkyl or cyclic N) is 1. The number of aliphatic hydroxyl groups is 1. The van der Waals surface area contributed by atoms with Crippen LogP contribution in [0.4, 0.5) is 0 Å². The number of thiazole rings is 1. The van der Waals surface area contributed by atoms with Gasteiger partial charge in [-0.1, -0.05) is 6.07 Å². The van der Waals surface area contributed by atoms with E-state index < -0.39 is 6.10 Å². The van der Waals surface area contributed by atoms with E-state index in [4.69, 9.17) is 0 Å². The van der Waals surface area contributed by atoms with E-state index in [2.05, 4.69) is 20.2 Å². The van der Waals surface area contributed by atoms with E-state index in [9.17, 15) is 9.90 Å². The summed E-state index contributed by atoms with van der Waals surface area (Å²) < 4.78 is 0.990. The second-order valence-corrected chi connectivity index (χ2v) is 7.45. The first-order chi connectivity index (χ1) is 12.7. The standard InChI is InChI=1S/C19H20N4O2S/c24-17-11-23(10-13-2-1-6-20-9-13)7-5-15(17)22-19(25)14-3-4-16-18(8-14)26-12-21-16/h1-4,6,8-9,12,15,17,24H,5,7,10-11H2,(H,22,25)/t15-,17-/m1/s1. The summed E-state index contributed by atoms with van der Waals surface area (Å²) in [4.78, 5) is 23.1. The Morgan fingerprint density at radius 1 is 1.38 bits per heavy atom. The van der Waals surface area contributed by atoms with Crippen molar-refractivity contribution in [3.8, 4) is 0 Å². The first-order valence-electron chi connectivity index (χ1n) is 8.62. The molecule has 0 aliphatic carbocycles. The molecule has 1 saturated heterocycles. The van der Waals surface area contributed by atoms with Crippen LogP contribution < -0.4 is 5.32 Å². The van der Waals surface area contributed by atoms with Crippen molar-refractivity contribution >= 4 is 27.5 Å². The number of hydrogen-bond donors (Lipinski definition) is 2. The molecule has 1 aliphatic rings. The highest BCUT2D eigenvalue weighted by molar-refractivity contribution is 7.16. The normalized spacial score (nSPS) is 21.0. The van der Waals surface area contributed by atoms with E-state index in [1.807, 2.05) is 30.5 Å². The Kier molecular flexibility index (Phi) is 4.92. The molecular weight excluding hydrogens is 348 g/mol. The molecule has 1 aliphatic heterocycles. The number of aliphatic hydroxyl groups excluding tert-OH is 1. The largest absolute Gasteiger partial charge is 0.390 e. The first kappa shape index (κ1) is 17.1. The zero-order chi connectivity index (χ0) is 17.9. The third-order valence-electron chi connectivity index (χ3n) is 4.70. The lowest BCUT2D eigenvalue weighted by atomic mass is 10.0. The monoisotopic (exact) mass is 368 g/mol. The number of aromatic nitrogens is 2. The van der Waals surface area contributed by atoms with Crippen molar-refractivity contribution in [3.63, 3.8) is 0 Å². The number of carbonyl (C=O) groups excluding carboxylic acids is 1. The molecule has 0 spiro atoms. The quantitative estimate of drug-likeness (QED) is 0.737. The summed E-state index contributed by atoms with van der Waals surface area (Å²) in [7, 11) is 0. The van der Waals surface area contributed by atoms with Crippen LogP contribution in [0.1, 0.15) is 22.3 Å². The second-order valence-electron chi connectivity index (χ2n) is 6.57. The summed E-state index contributed by atoms with van der Waals surface area (Å²) in [6, 6.07) is 9.20. The Labute approximate surface area is 155 Å². The average Bonchev–Trinajstić information content (AvgIpc) is 3.12. The maximum absolute atomic E-state index is 12.5. The van der Waals surface area contributed by atoms with E-state index in [1.165, 1.54) is 11.3 Å². The molecular formula is C19H20N4O2S. The fraction of sp³-hybridized carbons (Fsp3) is 0.316. The van der Waals surface area contributed by atoms with Crippen LogP contribution in [0.5, 0.6) is 0 Å². The zero-order valence-electron chi connectivity index (χ0n) is 14.2. The van der Waals surface area contributed by atoms with E-state index in [0.29, 0.717) is 12.1 Å². The highest BCUT2D eigenvalue weighted by atomic mass is 32.1. The van der Waals surface area contributed by atoms with Gasteiger partial charge in [0, 0.05) is 37.6 Å². The maximum Gasteiger partial charge on any atom is 0.251 e. The number of pyridine rings is 1. The van der Waals surface area contributed by atoms with Crippen molar-refractivity contribution in [2.75, 3.05) is 13.1 Å². The summed E-state index contributed by atoms with van der Waals surface area (Å²) >= 11 is 1.51. The van der Waals surface area contributed by atoms with Crippen LogP contribution in [-0.4, -0.2) is 51.1 Å². The molecule has 1 fully saturated rings. The number of fused-ring (bicyclic) bond motifs is 1. The summed E-state index contributed by atoms with van der Waals surface area (Å²) in [5.74, 6) is -0.148. The van der Waals surface area contributed by atoms with Gasteiger partial charge in [0.25, 0.3) is 5.91 Å². The maximum atomic E-state index is 12.5. The van der Waals surface area contributed by atoms with Crippen molar-refractivity contribution in [1.82, 2.24) is 20.2 Å². The molecule has 0 saturated carbocycles. The van der Waals surface area contributed by atoms with Crippen LogP contribution in [0.15, 0.2) is 48.2 Å². The minimum atomic E-state index is -0.587. The van der Waals surface area contributed by atoms with Gasteiger partial charge < -0.3 is 10.4 Å². The van der Waals surface area contributed by atoms with E-state index in [-0.39, 0.29) is 11.9 Å². The third kappa shape index (κ3) is 3.75. The minimum absolute atomic E-state index is 0.148. The molecule has 2 atom stereocenters. The number of carbonyl (C=O) groups is 1. The number of nitrogens with one attached hydrogen (secondary N) is 1. The summed E-state index contributed by atoms with van der Waals surface area (Å²) in [6.07, 6.45) is 3.73. The Balaban J connectivity index is 1.36. The van der Waals surface area contributed by atoms with Crippen molar-refractivity contribution in [1.29, 1.82) is 0 Å². The molecule has 134 valence electrons. The van der Waals surface area contributed by atoms with E-state index in [1.54, 1.807) is 17.8 Å². The molecule has 3 aromatic rings. The lowest BCUT2D eigenvalue weighted by Gasteiger charge is -2.36. The number of amides is 1. The molecule has 2 aromatic heterocycles. The molecule has 6 nitrogen and oxygen atoms in total.